The van der Waals surface area contributed by atoms with E-state index in [0.29, 0.717) is 0 Å². The Morgan fingerprint density at radius 1 is 0.966 bits per heavy atom. The third kappa shape index (κ3) is 4.43. The number of fused-ring (bicyclic) bond motifs is 1. The predicted molar refractivity (Wildman–Crippen MR) is 120 cm³/mol. The van der Waals surface area contributed by atoms with Gasteiger partial charge in [0.25, 0.3) is 0 Å². The van der Waals surface area contributed by atoms with Crippen LogP contribution in [0.25, 0.3) is 0 Å². The summed E-state index contributed by atoms with van der Waals surface area (Å²) in [7, 11) is 1.98. The van der Waals surface area contributed by atoms with Crippen LogP contribution in [0.4, 0.5) is 10.7 Å². The second-order valence-electron chi connectivity index (χ2n) is 7.35. The van der Waals surface area contributed by atoms with Gasteiger partial charge in [0, 0.05) is 7.05 Å². The normalized spacial score (nSPS) is 15.1. The van der Waals surface area contributed by atoms with Gasteiger partial charge < -0.3 is 4.57 Å². The lowest BCUT2D eigenvalue weighted by atomic mass is 9.90. The highest BCUT2D eigenvalue weighted by atomic mass is 32.1. The van der Waals surface area contributed by atoms with E-state index >= 15 is 0 Å². The Bertz CT molecular complexity index is 1140. The van der Waals surface area contributed by atoms with Crippen molar-refractivity contribution in [1.82, 2.24) is 4.57 Å². The lowest BCUT2D eigenvalue weighted by Crippen LogP contribution is -2.11. The molecule has 6 heteroatoms. The fourth-order valence-electron chi connectivity index (χ4n) is 3.43. The van der Waals surface area contributed by atoms with Gasteiger partial charge in [0.2, 0.25) is 4.80 Å². The fourth-order valence-corrected chi connectivity index (χ4v) is 4.32. The molecule has 0 unspecified atom stereocenters. The van der Waals surface area contributed by atoms with Crippen LogP contribution >= 0.6 is 11.3 Å². The topological polar surface area (TPSA) is 54.4 Å². The summed E-state index contributed by atoms with van der Waals surface area (Å²) in [4.78, 5) is 0.807. The van der Waals surface area contributed by atoms with Crippen molar-refractivity contribution in [2.75, 3.05) is 0 Å². The van der Waals surface area contributed by atoms with Crippen LogP contribution in [0, 0.1) is 6.92 Å². The summed E-state index contributed by atoms with van der Waals surface area (Å²) in [6.07, 6.45) is 4.94. The number of thiazole rings is 1. The Morgan fingerprint density at radius 3 is 2.52 bits per heavy atom. The van der Waals surface area contributed by atoms with Crippen LogP contribution in [0.3, 0.4) is 0 Å². The molecule has 0 saturated carbocycles. The molecule has 0 aliphatic heterocycles. The number of aromatic nitrogens is 1. The van der Waals surface area contributed by atoms with Crippen molar-refractivity contribution in [1.29, 1.82) is 0 Å². The van der Waals surface area contributed by atoms with E-state index in [2.05, 4.69) is 38.6 Å². The first kappa shape index (κ1) is 19.5. The average Bonchev–Trinajstić information content (AvgIpc) is 3.04. The SMILES string of the molecule is C/C(=N\N=c1/sc(N=Nc2ccccc2)c(C)n1C)c1ccc2c(c1)CCCC2. The molecule has 0 saturated heterocycles. The van der Waals surface area contributed by atoms with Gasteiger partial charge in [0.05, 0.1) is 17.1 Å². The monoisotopic (exact) mass is 403 g/mol. The van der Waals surface area contributed by atoms with Crippen molar-refractivity contribution in [3.63, 3.8) is 0 Å². The van der Waals surface area contributed by atoms with Crippen LogP contribution in [-0.4, -0.2) is 10.3 Å². The van der Waals surface area contributed by atoms with Crippen LogP contribution in [-0.2, 0) is 19.9 Å². The number of azo groups is 1. The highest BCUT2D eigenvalue weighted by molar-refractivity contribution is 7.13. The Hall–Kier alpha value is -2.86. The maximum Gasteiger partial charge on any atom is 0.212 e. The minimum Gasteiger partial charge on any atom is -0.320 e. The van der Waals surface area contributed by atoms with Crippen molar-refractivity contribution in [2.45, 2.75) is 39.5 Å². The second kappa shape index (κ2) is 8.66. The van der Waals surface area contributed by atoms with Crippen molar-refractivity contribution >= 4 is 27.7 Å². The van der Waals surface area contributed by atoms with Gasteiger partial charge in [-0.05, 0) is 74.4 Å². The summed E-state index contributed by atoms with van der Waals surface area (Å²) in [6.45, 7) is 4.04. The number of rotatable bonds is 4. The van der Waals surface area contributed by atoms with E-state index in [1.54, 1.807) is 0 Å². The molecule has 0 atom stereocenters. The lowest BCUT2D eigenvalue weighted by Gasteiger charge is -2.16. The molecule has 0 N–H and O–H groups in total. The number of hydrogen-bond acceptors (Lipinski definition) is 5. The lowest BCUT2D eigenvalue weighted by molar-refractivity contribution is 0.685. The van der Waals surface area contributed by atoms with E-state index in [1.807, 2.05) is 55.8 Å². The van der Waals surface area contributed by atoms with E-state index in [-0.39, 0.29) is 0 Å². The maximum atomic E-state index is 4.51. The van der Waals surface area contributed by atoms with Crippen molar-refractivity contribution in [3.05, 3.63) is 75.7 Å². The minimum absolute atomic E-state index is 0.807. The van der Waals surface area contributed by atoms with Gasteiger partial charge >= 0.3 is 0 Å². The molecule has 29 heavy (non-hydrogen) atoms. The predicted octanol–water partition coefficient (Wildman–Crippen LogP) is 6.01. The summed E-state index contributed by atoms with van der Waals surface area (Å²) >= 11 is 1.49. The van der Waals surface area contributed by atoms with E-state index in [0.717, 1.165) is 32.5 Å². The molecule has 1 aliphatic rings. The fraction of sp³-hybridized carbons (Fsp3) is 0.304. The van der Waals surface area contributed by atoms with E-state index < -0.39 is 0 Å². The van der Waals surface area contributed by atoms with Crippen molar-refractivity contribution in [2.24, 2.45) is 27.5 Å². The third-order valence-electron chi connectivity index (χ3n) is 5.35. The highest BCUT2D eigenvalue weighted by Crippen LogP contribution is 2.25. The highest BCUT2D eigenvalue weighted by Gasteiger charge is 2.10. The largest absolute Gasteiger partial charge is 0.320 e. The first-order valence-electron chi connectivity index (χ1n) is 9.95. The Kier molecular flexibility index (Phi) is 5.81. The molecule has 148 valence electrons. The van der Waals surface area contributed by atoms with Crippen molar-refractivity contribution in [3.8, 4) is 0 Å². The maximum absolute atomic E-state index is 4.51. The molecular formula is C23H25N5S. The zero-order chi connectivity index (χ0) is 20.2. The number of benzene rings is 2. The van der Waals surface area contributed by atoms with Crippen LogP contribution < -0.4 is 4.80 Å². The van der Waals surface area contributed by atoms with Crippen LogP contribution in [0.1, 0.15) is 42.1 Å². The standard InChI is InChI=1S/C23H25N5S/c1-16(19-14-13-18-9-7-8-10-20(18)15-19)24-27-23-28(3)17(2)22(29-23)26-25-21-11-5-4-6-12-21/h4-6,11-15H,7-10H2,1-3H3/b24-16+,26-25?,27-23-. The second-order valence-corrected chi connectivity index (χ2v) is 8.30. The molecule has 1 heterocycles. The smallest absolute Gasteiger partial charge is 0.212 e. The van der Waals surface area contributed by atoms with E-state index in [9.17, 15) is 0 Å². The van der Waals surface area contributed by atoms with Gasteiger partial charge in [0.1, 0.15) is 0 Å². The summed E-state index contributed by atoms with van der Waals surface area (Å²) in [5.74, 6) is 0. The third-order valence-corrected chi connectivity index (χ3v) is 6.46. The molecule has 2 aromatic carbocycles. The van der Waals surface area contributed by atoms with E-state index in [4.69, 9.17) is 0 Å². The average molecular weight is 404 g/mol. The summed E-state index contributed by atoms with van der Waals surface area (Å²) in [5, 5.41) is 18.6. The van der Waals surface area contributed by atoms with Crippen molar-refractivity contribution < 1.29 is 0 Å². The molecule has 4 rings (SSSR count). The Balaban J connectivity index is 1.60. The Labute approximate surface area is 175 Å². The molecule has 0 amide bonds. The molecule has 5 nitrogen and oxygen atoms in total. The summed E-state index contributed by atoms with van der Waals surface area (Å²) in [6, 6.07) is 16.4. The van der Waals surface area contributed by atoms with Gasteiger partial charge in [-0.2, -0.15) is 5.10 Å². The van der Waals surface area contributed by atoms with Gasteiger partial charge in [-0.15, -0.1) is 15.3 Å². The molecule has 1 aromatic heterocycles. The zero-order valence-corrected chi connectivity index (χ0v) is 17.9. The van der Waals surface area contributed by atoms with Gasteiger partial charge in [-0.25, -0.2) is 0 Å². The molecule has 0 spiro atoms. The first-order chi connectivity index (χ1) is 14.1. The number of hydrogen-bond donors (Lipinski definition) is 0. The van der Waals surface area contributed by atoms with Crippen LogP contribution in [0.5, 0.6) is 0 Å². The molecular weight excluding hydrogens is 378 g/mol. The molecule has 0 fully saturated rings. The summed E-state index contributed by atoms with van der Waals surface area (Å²) in [5.41, 5.74) is 6.88. The minimum atomic E-state index is 0.807. The van der Waals surface area contributed by atoms with Gasteiger partial charge in [0.15, 0.2) is 5.00 Å². The molecule has 3 aromatic rings. The van der Waals surface area contributed by atoms with E-state index in [1.165, 1.54) is 48.1 Å². The molecule has 1 aliphatic carbocycles. The number of aryl methyl sites for hydroxylation is 2. The van der Waals surface area contributed by atoms with Gasteiger partial charge in [-0.1, -0.05) is 41.7 Å². The molecule has 0 radical (unpaired) electrons. The number of nitrogens with zero attached hydrogens (tertiary/aromatic N) is 5. The van der Waals surface area contributed by atoms with Crippen LogP contribution in [0.2, 0.25) is 0 Å². The quantitative estimate of drug-likeness (QED) is 0.291. The van der Waals surface area contributed by atoms with Crippen LogP contribution in [0.15, 0.2) is 69.0 Å². The zero-order valence-electron chi connectivity index (χ0n) is 17.1. The molecule has 0 bridgehead atoms. The summed E-state index contributed by atoms with van der Waals surface area (Å²) < 4.78 is 2.01. The van der Waals surface area contributed by atoms with Gasteiger partial charge in [-0.3, -0.25) is 0 Å². The Morgan fingerprint density at radius 2 is 1.72 bits per heavy atom. The first-order valence-corrected chi connectivity index (χ1v) is 10.8.